The molecule has 0 unspecified atom stereocenters. The molecule has 1 aromatic rings. The van der Waals surface area contributed by atoms with Gasteiger partial charge in [0.2, 0.25) is 0 Å². The Morgan fingerprint density at radius 2 is 2.00 bits per heavy atom. The maximum Gasteiger partial charge on any atom is 0.333 e. The Labute approximate surface area is 110 Å². The van der Waals surface area contributed by atoms with Crippen LogP contribution in [0, 0.1) is 0 Å². The fourth-order valence-electron chi connectivity index (χ4n) is 0.999. The van der Waals surface area contributed by atoms with Crippen LogP contribution in [0.15, 0.2) is 29.3 Å². The summed E-state index contributed by atoms with van der Waals surface area (Å²) in [6.07, 6.45) is 1.43. The van der Waals surface area contributed by atoms with Gasteiger partial charge in [-0.2, -0.15) is 13.1 Å². The molecule has 99 valence electrons. The summed E-state index contributed by atoms with van der Waals surface area (Å²) in [5, 5.41) is 9.35. The van der Waals surface area contributed by atoms with E-state index in [-0.39, 0.29) is 35.9 Å². The van der Waals surface area contributed by atoms with Gasteiger partial charge in [0.15, 0.2) is 0 Å². The topological polar surface area (TPSA) is 99.0 Å². The summed E-state index contributed by atoms with van der Waals surface area (Å²) in [4.78, 5) is 3.88. The number of hydrogen-bond acceptors (Lipinski definition) is 4. The van der Waals surface area contributed by atoms with Gasteiger partial charge in [-0.15, -0.1) is 0 Å². The summed E-state index contributed by atoms with van der Waals surface area (Å²) in [5.41, 5.74) is 0.550. The molecule has 0 fully saturated rings. The van der Waals surface area contributed by atoms with Crippen LogP contribution in [0.4, 0.5) is 0 Å². The molecule has 0 aliphatic rings. The van der Waals surface area contributed by atoms with Crippen molar-refractivity contribution < 1.29 is 35.1 Å². The van der Waals surface area contributed by atoms with E-state index in [0.29, 0.717) is 5.56 Å². The van der Waals surface area contributed by atoms with E-state index >= 15 is 0 Å². The standard InChI is InChI=1S/C9H12N2O4S.Cu/c12-9-4-2-1-3-8(9)7-10-5-6-11-16(13,14)15;/h1-4,7,11-12H,5-6H2,(H,13,14,15);. The Balaban J connectivity index is 0.00000256. The van der Waals surface area contributed by atoms with Gasteiger partial charge in [-0.05, 0) is 12.1 Å². The monoisotopic (exact) mass is 307 g/mol. The normalized spacial score (nSPS) is 11.4. The Morgan fingerprint density at radius 3 is 2.59 bits per heavy atom. The second-order valence-corrected chi connectivity index (χ2v) is 4.20. The molecule has 1 radical (unpaired) electrons. The zero-order chi connectivity index (χ0) is 12.0. The van der Waals surface area contributed by atoms with Crippen LogP contribution in [0.3, 0.4) is 0 Å². The van der Waals surface area contributed by atoms with Gasteiger partial charge in [-0.3, -0.25) is 9.55 Å². The summed E-state index contributed by atoms with van der Waals surface area (Å²) in [6.45, 7) is 0.178. The number of phenols is 1. The molecule has 6 nitrogen and oxygen atoms in total. The van der Waals surface area contributed by atoms with E-state index in [9.17, 15) is 13.5 Å². The summed E-state index contributed by atoms with van der Waals surface area (Å²) < 4.78 is 30.8. The van der Waals surface area contributed by atoms with Crippen LogP contribution in [0.1, 0.15) is 5.56 Å². The predicted molar refractivity (Wildman–Crippen MR) is 60.1 cm³/mol. The molecular formula is C9H12CuN2O4S. The maximum absolute atomic E-state index is 10.3. The van der Waals surface area contributed by atoms with E-state index < -0.39 is 10.3 Å². The van der Waals surface area contributed by atoms with Crippen LogP contribution in [0.2, 0.25) is 0 Å². The summed E-state index contributed by atoms with van der Waals surface area (Å²) in [6, 6.07) is 6.64. The van der Waals surface area contributed by atoms with E-state index in [1.165, 1.54) is 12.3 Å². The Morgan fingerprint density at radius 1 is 1.35 bits per heavy atom. The quantitative estimate of drug-likeness (QED) is 0.313. The minimum Gasteiger partial charge on any atom is -0.507 e. The van der Waals surface area contributed by atoms with Crippen molar-refractivity contribution in [1.29, 1.82) is 0 Å². The molecule has 1 aromatic carbocycles. The Bertz CT molecular complexity index is 476. The van der Waals surface area contributed by atoms with Gasteiger partial charge < -0.3 is 5.11 Å². The first-order valence-electron chi connectivity index (χ1n) is 4.49. The van der Waals surface area contributed by atoms with Crippen LogP contribution in [0.25, 0.3) is 0 Å². The summed E-state index contributed by atoms with van der Waals surface area (Å²) >= 11 is 0. The summed E-state index contributed by atoms with van der Waals surface area (Å²) in [5.74, 6) is 0.106. The smallest absolute Gasteiger partial charge is 0.333 e. The van der Waals surface area contributed by atoms with E-state index in [1.54, 1.807) is 18.2 Å². The average Bonchev–Trinajstić information content (AvgIpc) is 2.18. The molecular weight excluding hydrogens is 296 g/mol. The van der Waals surface area contributed by atoms with Crippen molar-refractivity contribution >= 4 is 16.5 Å². The third-order valence-corrected chi connectivity index (χ3v) is 2.26. The van der Waals surface area contributed by atoms with Crippen molar-refractivity contribution in [3.8, 4) is 5.75 Å². The fraction of sp³-hybridized carbons (Fsp3) is 0.222. The number of aromatic hydroxyl groups is 1. The number of benzene rings is 1. The first-order valence-corrected chi connectivity index (χ1v) is 5.93. The molecule has 8 heteroatoms. The number of para-hydroxylation sites is 1. The predicted octanol–water partition coefficient (Wildman–Crippen LogP) is 0.201. The van der Waals surface area contributed by atoms with Crippen molar-refractivity contribution in [2.45, 2.75) is 0 Å². The van der Waals surface area contributed by atoms with E-state index in [4.69, 9.17) is 4.55 Å². The second kappa shape index (κ2) is 7.41. The molecule has 0 saturated carbocycles. The molecule has 0 spiro atoms. The molecule has 1 rings (SSSR count). The fourth-order valence-corrected chi connectivity index (χ4v) is 1.35. The van der Waals surface area contributed by atoms with Crippen LogP contribution < -0.4 is 4.72 Å². The number of phenolic OH excluding ortho intramolecular Hbond substituents is 1. The van der Waals surface area contributed by atoms with Gasteiger partial charge in [0.1, 0.15) is 5.75 Å². The largest absolute Gasteiger partial charge is 0.507 e. The molecule has 0 aliphatic heterocycles. The zero-order valence-corrected chi connectivity index (χ0v) is 10.4. The van der Waals surface area contributed by atoms with Crippen LogP contribution in [0.5, 0.6) is 5.75 Å². The number of rotatable bonds is 5. The third-order valence-electron chi connectivity index (χ3n) is 1.69. The van der Waals surface area contributed by atoms with Crippen molar-refractivity contribution in [2.24, 2.45) is 4.99 Å². The van der Waals surface area contributed by atoms with Gasteiger partial charge in [-0.25, -0.2) is 0 Å². The molecule has 0 bridgehead atoms. The molecule has 0 amide bonds. The second-order valence-electron chi connectivity index (χ2n) is 2.96. The number of nitrogens with one attached hydrogen (secondary N) is 1. The third kappa shape index (κ3) is 7.09. The van der Waals surface area contributed by atoms with Crippen molar-refractivity contribution in [3.05, 3.63) is 29.8 Å². The van der Waals surface area contributed by atoms with Gasteiger partial charge >= 0.3 is 10.3 Å². The van der Waals surface area contributed by atoms with E-state index in [0.717, 1.165) is 0 Å². The molecule has 0 aromatic heterocycles. The van der Waals surface area contributed by atoms with Gasteiger partial charge in [0.05, 0.1) is 6.54 Å². The Kier molecular flexibility index (Phi) is 7.01. The van der Waals surface area contributed by atoms with Crippen molar-refractivity contribution in [2.75, 3.05) is 13.1 Å². The molecule has 17 heavy (non-hydrogen) atoms. The first-order chi connectivity index (χ1) is 7.49. The minimum absolute atomic E-state index is 0. The van der Waals surface area contributed by atoms with Crippen molar-refractivity contribution in [1.82, 2.24) is 4.72 Å². The molecule has 0 heterocycles. The number of nitrogens with zero attached hydrogens (tertiary/aromatic N) is 1. The van der Waals surface area contributed by atoms with E-state index in [2.05, 4.69) is 4.99 Å². The maximum atomic E-state index is 10.3. The van der Waals surface area contributed by atoms with Crippen LogP contribution in [-0.4, -0.2) is 37.4 Å². The zero-order valence-electron chi connectivity index (χ0n) is 8.67. The van der Waals surface area contributed by atoms with Crippen molar-refractivity contribution in [3.63, 3.8) is 0 Å². The molecule has 0 atom stereocenters. The molecule has 3 N–H and O–H groups in total. The first kappa shape index (κ1) is 16.1. The number of hydrogen-bond donors (Lipinski definition) is 3. The van der Waals surface area contributed by atoms with Crippen LogP contribution in [-0.2, 0) is 27.4 Å². The van der Waals surface area contributed by atoms with Gasteiger partial charge in [-0.1, -0.05) is 12.1 Å². The molecule has 0 aliphatic carbocycles. The SMILES string of the molecule is O=S(=O)(O)NCCN=Cc1ccccc1O.[Cu]. The summed E-state index contributed by atoms with van der Waals surface area (Å²) in [7, 11) is -4.15. The Hall–Kier alpha value is -0.921. The van der Waals surface area contributed by atoms with Gasteiger partial charge in [0, 0.05) is 35.4 Å². The minimum atomic E-state index is -4.15. The van der Waals surface area contributed by atoms with E-state index in [1.807, 2.05) is 4.72 Å². The van der Waals surface area contributed by atoms with Gasteiger partial charge in [0.25, 0.3) is 0 Å². The molecule has 0 saturated heterocycles. The number of aliphatic imine (C=N–C) groups is 1. The van der Waals surface area contributed by atoms with Crippen LogP contribution >= 0.6 is 0 Å². The average molecular weight is 308 g/mol.